The highest BCUT2D eigenvalue weighted by atomic mass is 35.5. The molecule has 31 heavy (non-hydrogen) atoms. The van der Waals surface area contributed by atoms with Crippen LogP contribution in [0.4, 0.5) is 0 Å². The van der Waals surface area contributed by atoms with Crippen molar-refractivity contribution in [3.63, 3.8) is 0 Å². The van der Waals surface area contributed by atoms with Crippen LogP contribution in [0.2, 0.25) is 10.0 Å². The number of halogens is 2. The van der Waals surface area contributed by atoms with Gasteiger partial charge in [0.1, 0.15) is 0 Å². The zero-order valence-electron chi connectivity index (χ0n) is 18.0. The lowest BCUT2D eigenvalue weighted by Crippen LogP contribution is -2.31. The molecule has 1 aromatic heterocycles. The number of rotatable bonds is 8. The van der Waals surface area contributed by atoms with Gasteiger partial charge in [-0.1, -0.05) is 78.6 Å². The van der Waals surface area contributed by atoms with Crippen LogP contribution in [0.25, 0.3) is 0 Å². The summed E-state index contributed by atoms with van der Waals surface area (Å²) in [7, 11) is 1.93. The summed E-state index contributed by atoms with van der Waals surface area (Å²) >= 11 is 13.8. The van der Waals surface area contributed by atoms with Crippen LogP contribution in [0.1, 0.15) is 53.6 Å². The predicted molar refractivity (Wildman–Crippen MR) is 128 cm³/mol. The maximum Gasteiger partial charge on any atom is 0.253 e. The number of amides is 1. The molecule has 0 spiro atoms. The van der Waals surface area contributed by atoms with Gasteiger partial charge < -0.3 is 9.88 Å². The Bertz CT molecular complexity index is 1050. The molecule has 2 aromatic carbocycles. The van der Waals surface area contributed by atoms with E-state index in [-0.39, 0.29) is 11.9 Å². The molecule has 0 fully saturated rings. The smallest absolute Gasteiger partial charge is 0.253 e. The highest BCUT2D eigenvalue weighted by Gasteiger charge is 2.24. The topological polar surface area (TPSA) is 59.8 Å². The third kappa shape index (κ3) is 6.25. The molecule has 3 rings (SSSR count). The number of hydrogen-bond acceptors (Lipinski definition) is 4. The number of nitrogens with one attached hydrogen (secondary N) is 1. The number of carbonyl (C=O) groups is 1. The van der Waals surface area contributed by atoms with Gasteiger partial charge in [0.25, 0.3) is 5.91 Å². The van der Waals surface area contributed by atoms with Crippen molar-refractivity contribution in [1.29, 1.82) is 0 Å². The molecule has 0 aliphatic heterocycles. The molecule has 0 saturated carbocycles. The standard InChI is InChI=1S/C23H26Cl2N4OS/c1-14(2)11-20(26-22(30)18-10-9-17(24)12-19(18)25)21-27-28-23(29(21)4)31-13-16-7-5-15(3)6-8-16/h5-10,12,14,20H,11,13H2,1-4H3,(H,26,30)/t20-/m1/s1. The Balaban J connectivity index is 1.77. The van der Waals surface area contributed by atoms with E-state index in [1.807, 2.05) is 11.6 Å². The maximum atomic E-state index is 12.9. The van der Waals surface area contributed by atoms with Crippen LogP contribution in [-0.2, 0) is 12.8 Å². The predicted octanol–water partition coefficient (Wildman–Crippen LogP) is 6.24. The summed E-state index contributed by atoms with van der Waals surface area (Å²) in [5.74, 6) is 1.61. The minimum Gasteiger partial charge on any atom is -0.342 e. The van der Waals surface area contributed by atoms with E-state index in [1.165, 1.54) is 11.1 Å². The van der Waals surface area contributed by atoms with Crippen LogP contribution in [0.3, 0.4) is 0 Å². The molecule has 3 aromatic rings. The highest BCUT2D eigenvalue weighted by molar-refractivity contribution is 7.98. The van der Waals surface area contributed by atoms with Crippen LogP contribution in [0.5, 0.6) is 0 Å². The van der Waals surface area contributed by atoms with Gasteiger partial charge in [-0.05, 0) is 43.0 Å². The highest BCUT2D eigenvalue weighted by Crippen LogP contribution is 2.27. The molecule has 1 amide bonds. The quantitative estimate of drug-likeness (QED) is 0.390. The molecule has 164 valence electrons. The van der Waals surface area contributed by atoms with Crippen molar-refractivity contribution in [1.82, 2.24) is 20.1 Å². The minimum atomic E-state index is -0.287. The average Bonchev–Trinajstić information content (AvgIpc) is 3.07. The van der Waals surface area contributed by atoms with Gasteiger partial charge in [0, 0.05) is 17.8 Å². The van der Waals surface area contributed by atoms with Crippen molar-refractivity contribution in [2.75, 3.05) is 0 Å². The fourth-order valence-corrected chi connectivity index (χ4v) is 4.57. The second-order valence-electron chi connectivity index (χ2n) is 7.95. The number of carbonyl (C=O) groups excluding carboxylic acids is 1. The summed E-state index contributed by atoms with van der Waals surface area (Å²) in [6.45, 7) is 6.29. The van der Waals surface area contributed by atoms with Crippen molar-refractivity contribution in [2.24, 2.45) is 13.0 Å². The maximum absolute atomic E-state index is 12.9. The van der Waals surface area contributed by atoms with E-state index in [4.69, 9.17) is 23.2 Å². The van der Waals surface area contributed by atoms with Crippen molar-refractivity contribution in [3.8, 4) is 0 Å². The normalized spacial score (nSPS) is 12.2. The van der Waals surface area contributed by atoms with Gasteiger partial charge in [-0.25, -0.2) is 0 Å². The lowest BCUT2D eigenvalue weighted by atomic mass is 10.0. The summed E-state index contributed by atoms with van der Waals surface area (Å²) in [5, 5.41) is 13.5. The first kappa shape index (κ1) is 23.6. The van der Waals surface area contributed by atoms with Crippen molar-refractivity contribution >= 4 is 40.9 Å². The van der Waals surface area contributed by atoms with E-state index in [9.17, 15) is 4.79 Å². The van der Waals surface area contributed by atoms with E-state index in [0.717, 1.165) is 23.2 Å². The van der Waals surface area contributed by atoms with Gasteiger partial charge in [0.05, 0.1) is 16.6 Å². The molecule has 0 saturated heterocycles. The summed E-state index contributed by atoms with van der Waals surface area (Å²) < 4.78 is 1.95. The molecule has 1 N–H and O–H groups in total. The van der Waals surface area contributed by atoms with Crippen LogP contribution in [-0.4, -0.2) is 20.7 Å². The SMILES string of the molecule is Cc1ccc(CSc2nnc([C@@H](CC(C)C)NC(=O)c3ccc(Cl)cc3Cl)n2C)cc1. The molecule has 0 bridgehead atoms. The van der Waals surface area contributed by atoms with E-state index in [0.29, 0.717) is 21.5 Å². The molecule has 0 radical (unpaired) electrons. The molecular weight excluding hydrogens is 451 g/mol. The molecule has 0 aliphatic carbocycles. The van der Waals surface area contributed by atoms with Crippen molar-refractivity contribution < 1.29 is 4.79 Å². The zero-order chi connectivity index (χ0) is 22.5. The van der Waals surface area contributed by atoms with Crippen LogP contribution in [0, 0.1) is 12.8 Å². The molecule has 1 atom stereocenters. The Kier molecular flexibility index (Phi) is 8.03. The van der Waals surface area contributed by atoms with E-state index in [2.05, 4.69) is 60.6 Å². The molecule has 8 heteroatoms. The zero-order valence-corrected chi connectivity index (χ0v) is 20.4. The second-order valence-corrected chi connectivity index (χ2v) is 9.74. The Morgan fingerprint density at radius 2 is 1.84 bits per heavy atom. The number of aromatic nitrogens is 3. The van der Waals surface area contributed by atoms with Gasteiger partial charge in [0.15, 0.2) is 11.0 Å². The Morgan fingerprint density at radius 3 is 2.48 bits per heavy atom. The lowest BCUT2D eigenvalue weighted by molar-refractivity contribution is 0.0929. The Labute approximate surface area is 197 Å². The van der Waals surface area contributed by atoms with E-state index in [1.54, 1.807) is 30.0 Å². The molecule has 0 unspecified atom stereocenters. The average molecular weight is 477 g/mol. The summed E-state index contributed by atoms with van der Waals surface area (Å²) in [4.78, 5) is 12.9. The molecule has 1 heterocycles. The number of benzene rings is 2. The first-order valence-electron chi connectivity index (χ1n) is 10.1. The lowest BCUT2D eigenvalue weighted by Gasteiger charge is -2.20. The Hall–Kier alpha value is -2.02. The van der Waals surface area contributed by atoms with E-state index >= 15 is 0 Å². The van der Waals surface area contributed by atoms with Gasteiger partial charge >= 0.3 is 0 Å². The van der Waals surface area contributed by atoms with Gasteiger partial charge in [-0.3, -0.25) is 4.79 Å². The fraction of sp³-hybridized carbons (Fsp3) is 0.348. The Morgan fingerprint density at radius 1 is 1.13 bits per heavy atom. The first-order valence-corrected chi connectivity index (χ1v) is 11.8. The first-order chi connectivity index (χ1) is 14.7. The molecule has 5 nitrogen and oxygen atoms in total. The number of thioether (sulfide) groups is 1. The minimum absolute atomic E-state index is 0.260. The van der Waals surface area contributed by atoms with Crippen LogP contribution < -0.4 is 5.32 Å². The summed E-state index contributed by atoms with van der Waals surface area (Å²) in [5.41, 5.74) is 2.85. The van der Waals surface area contributed by atoms with Gasteiger partial charge in [-0.2, -0.15) is 0 Å². The number of nitrogens with zero attached hydrogens (tertiary/aromatic N) is 3. The fourth-order valence-electron chi connectivity index (χ4n) is 3.20. The molecular formula is C23H26Cl2N4OS. The van der Waals surface area contributed by atoms with Crippen molar-refractivity contribution in [2.45, 2.75) is 44.1 Å². The second kappa shape index (κ2) is 10.5. The van der Waals surface area contributed by atoms with E-state index < -0.39 is 0 Å². The molecule has 0 aliphatic rings. The van der Waals surface area contributed by atoms with Crippen molar-refractivity contribution in [3.05, 3.63) is 75.0 Å². The number of aryl methyl sites for hydroxylation is 1. The summed E-state index contributed by atoms with van der Waals surface area (Å²) in [6, 6.07) is 13.0. The van der Waals surface area contributed by atoms with Gasteiger partial charge in [0.2, 0.25) is 0 Å². The number of hydrogen-bond donors (Lipinski definition) is 1. The monoisotopic (exact) mass is 476 g/mol. The van der Waals surface area contributed by atoms with Crippen LogP contribution >= 0.6 is 35.0 Å². The van der Waals surface area contributed by atoms with Gasteiger partial charge in [-0.15, -0.1) is 10.2 Å². The third-order valence-electron chi connectivity index (χ3n) is 4.86. The summed E-state index contributed by atoms with van der Waals surface area (Å²) in [6.07, 6.45) is 0.728. The largest absolute Gasteiger partial charge is 0.342 e. The van der Waals surface area contributed by atoms with Crippen LogP contribution in [0.15, 0.2) is 47.6 Å². The third-order valence-corrected chi connectivity index (χ3v) is 6.50.